The fourth-order valence-electron chi connectivity index (χ4n) is 8.78. The number of aromatic carboxylic acids is 1. The predicted molar refractivity (Wildman–Crippen MR) is 231 cm³/mol. The number of fused-ring (bicyclic) bond motifs is 4. The van der Waals surface area contributed by atoms with Gasteiger partial charge in [0.25, 0.3) is 0 Å². The number of hydrogen-bond acceptors (Lipinski definition) is 3. The molecular formula is C47H53Br3O4. The van der Waals surface area contributed by atoms with Gasteiger partial charge in [0.1, 0.15) is 11.6 Å². The van der Waals surface area contributed by atoms with Gasteiger partial charge < -0.3 is 5.11 Å². The Morgan fingerprint density at radius 2 is 1.02 bits per heavy atom. The number of halogens is 3. The summed E-state index contributed by atoms with van der Waals surface area (Å²) in [6.45, 7) is 13.0. The number of aryl methyl sites for hydroxylation is 4. The van der Waals surface area contributed by atoms with Crippen LogP contribution in [0.4, 0.5) is 0 Å². The molecule has 4 aliphatic carbocycles. The number of benzene rings is 4. The highest BCUT2D eigenvalue weighted by Crippen LogP contribution is 2.42. The van der Waals surface area contributed by atoms with Gasteiger partial charge in [-0.05, 0) is 145 Å². The number of carbonyl (C=O) groups is 3. The zero-order valence-electron chi connectivity index (χ0n) is 32.5. The number of rotatable bonds is 1. The summed E-state index contributed by atoms with van der Waals surface area (Å²) >= 11 is 10.6. The number of carbonyl (C=O) groups excluding carboxylic acids is 2. The Labute approximate surface area is 347 Å². The Morgan fingerprint density at radius 1 is 0.556 bits per heavy atom. The van der Waals surface area contributed by atoms with E-state index in [0.29, 0.717) is 41.8 Å². The van der Waals surface area contributed by atoms with E-state index in [1.54, 1.807) is 6.07 Å². The van der Waals surface area contributed by atoms with Gasteiger partial charge in [-0.15, -0.1) is 0 Å². The SMILES string of the molecule is CC1(C)C(=O)CCc2cccc(Br)c21.CC1(C)CCCc2cccc(Br)c21.CC1(C)CCCc2cccc(C(=O)O)c21.O=C1CCc2cccc(Br)c2C1. The average Bonchev–Trinajstić information content (AvgIpc) is 3.10. The third-order valence-corrected chi connectivity index (χ3v) is 13.7. The lowest BCUT2D eigenvalue weighted by Gasteiger charge is -2.33. The molecule has 1 N–H and O–H groups in total. The molecule has 0 heterocycles. The normalized spacial score (nSPS) is 18.3. The molecule has 4 nitrogen and oxygen atoms in total. The Kier molecular flexibility index (Phi) is 13.7. The highest BCUT2D eigenvalue weighted by molar-refractivity contribution is 9.11. The molecule has 7 heteroatoms. The largest absolute Gasteiger partial charge is 0.478 e. The number of Topliss-reactive ketones (excluding diaryl/α,β-unsaturated/α-hetero) is 2. The van der Waals surface area contributed by atoms with Crippen LogP contribution in [0.3, 0.4) is 0 Å². The molecule has 0 bridgehead atoms. The van der Waals surface area contributed by atoms with Crippen molar-refractivity contribution in [3.8, 4) is 0 Å². The van der Waals surface area contributed by atoms with Crippen LogP contribution < -0.4 is 0 Å². The van der Waals surface area contributed by atoms with E-state index in [-0.39, 0.29) is 10.8 Å². The molecule has 0 radical (unpaired) electrons. The van der Waals surface area contributed by atoms with Crippen molar-refractivity contribution in [1.29, 1.82) is 0 Å². The van der Waals surface area contributed by atoms with Gasteiger partial charge in [-0.1, -0.05) is 124 Å². The zero-order valence-corrected chi connectivity index (χ0v) is 37.3. The molecule has 0 amide bonds. The van der Waals surface area contributed by atoms with Crippen LogP contribution >= 0.6 is 47.8 Å². The first kappa shape index (κ1) is 42.3. The van der Waals surface area contributed by atoms with E-state index < -0.39 is 5.97 Å². The van der Waals surface area contributed by atoms with E-state index in [0.717, 1.165) is 46.6 Å². The van der Waals surface area contributed by atoms with E-state index in [4.69, 9.17) is 0 Å². The van der Waals surface area contributed by atoms with Gasteiger partial charge in [0.2, 0.25) is 0 Å². The average molecular weight is 922 g/mol. The quantitative estimate of drug-likeness (QED) is 0.206. The Morgan fingerprint density at radius 3 is 1.59 bits per heavy atom. The molecule has 4 aromatic rings. The summed E-state index contributed by atoms with van der Waals surface area (Å²) in [5, 5.41) is 9.17. The summed E-state index contributed by atoms with van der Waals surface area (Å²) in [7, 11) is 0. The lowest BCUT2D eigenvalue weighted by Crippen LogP contribution is -2.34. The summed E-state index contributed by atoms with van der Waals surface area (Å²) in [6.07, 6.45) is 10.9. The van der Waals surface area contributed by atoms with Crippen molar-refractivity contribution in [3.05, 3.63) is 136 Å². The van der Waals surface area contributed by atoms with Crippen LogP contribution in [0.15, 0.2) is 86.2 Å². The lowest BCUT2D eigenvalue weighted by molar-refractivity contribution is -0.124. The van der Waals surface area contributed by atoms with Gasteiger partial charge >= 0.3 is 5.97 Å². The monoisotopic (exact) mass is 918 g/mol. The fourth-order valence-corrected chi connectivity index (χ4v) is 11.2. The molecule has 0 aliphatic heterocycles. The van der Waals surface area contributed by atoms with Crippen molar-refractivity contribution in [2.45, 2.75) is 128 Å². The summed E-state index contributed by atoms with van der Waals surface area (Å²) in [4.78, 5) is 34.1. The zero-order chi connectivity index (χ0) is 39.4. The highest BCUT2D eigenvalue weighted by Gasteiger charge is 2.36. The van der Waals surface area contributed by atoms with Crippen LogP contribution in [0.1, 0.15) is 135 Å². The van der Waals surface area contributed by atoms with Crippen LogP contribution in [-0.2, 0) is 57.9 Å². The van der Waals surface area contributed by atoms with Crippen LogP contribution in [0.5, 0.6) is 0 Å². The minimum absolute atomic E-state index is 0.00255. The topological polar surface area (TPSA) is 71.4 Å². The van der Waals surface area contributed by atoms with Gasteiger partial charge in [0.15, 0.2) is 0 Å². The number of hydrogen-bond donors (Lipinski definition) is 1. The molecule has 0 fully saturated rings. The van der Waals surface area contributed by atoms with Crippen molar-refractivity contribution in [2.24, 2.45) is 0 Å². The van der Waals surface area contributed by atoms with E-state index in [1.165, 1.54) is 62.7 Å². The molecule has 0 aromatic heterocycles. The molecule has 0 spiro atoms. The molecular weight excluding hydrogens is 868 g/mol. The highest BCUT2D eigenvalue weighted by atomic mass is 79.9. The van der Waals surface area contributed by atoms with E-state index in [2.05, 4.69) is 112 Å². The van der Waals surface area contributed by atoms with Gasteiger partial charge in [-0.2, -0.15) is 0 Å². The van der Waals surface area contributed by atoms with Crippen LogP contribution in [0.2, 0.25) is 0 Å². The number of carboxylic acid groups (broad SMARTS) is 1. The predicted octanol–water partition coefficient (Wildman–Crippen LogP) is 12.8. The van der Waals surface area contributed by atoms with Crippen molar-refractivity contribution in [3.63, 3.8) is 0 Å². The molecule has 0 saturated carbocycles. The van der Waals surface area contributed by atoms with Crippen LogP contribution in [-0.4, -0.2) is 22.6 Å². The standard InChI is InChI=1S/C13H16O2.C12H13BrO.C12H15Br.C10H9BrO/c1-13(2)8-4-6-9-5-3-7-10(11(9)13)12(14)15;1-12(2)10(14)7-6-8-4-3-5-9(13)11(8)12;1-12(2)8-4-6-9-5-3-7-10(13)11(9)12;11-10-3-1-2-7-4-5-8(12)6-9(7)10/h3,5,7H,4,6,8H2,1-2H3,(H,14,15);3-5H,6-7H2,1-2H3;3,5,7H,4,6,8H2,1-2H3;1-3H,4-6H2. The number of ketones is 2. The summed E-state index contributed by atoms with van der Waals surface area (Å²) in [5.74, 6) is -0.104. The Hall–Kier alpha value is -2.87. The molecule has 8 rings (SSSR count). The molecule has 4 aromatic carbocycles. The first-order chi connectivity index (χ1) is 25.4. The first-order valence-electron chi connectivity index (χ1n) is 19.2. The second kappa shape index (κ2) is 17.5. The summed E-state index contributed by atoms with van der Waals surface area (Å²) in [6, 6.07) is 24.5. The Bertz CT molecular complexity index is 2040. The minimum Gasteiger partial charge on any atom is -0.478 e. The summed E-state index contributed by atoms with van der Waals surface area (Å²) in [5.41, 5.74) is 10.8. The van der Waals surface area contributed by atoms with E-state index in [9.17, 15) is 19.5 Å². The second-order valence-corrected chi connectivity index (χ2v) is 19.4. The van der Waals surface area contributed by atoms with E-state index >= 15 is 0 Å². The van der Waals surface area contributed by atoms with Crippen LogP contribution in [0, 0.1) is 0 Å². The summed E-state index contributed by atoms with van der Waals surface area (Å²) < 4.78 is 3.43. The molecule has 0 saturated heterocycles. The van der Waals surface area contributed by atoms with Crippen molar-refractivity contribution in [1.82, 2.24) is 0 Å². The molecule has 4 aliphatic rings. The molecule has 54 heavy (non-hydrogen) atoms. The lowest BCUT2D eigenvalue weighted by atomic mass is 9.71. The Balaban J connectivity index is 0.000000139. The molecule has 0 atom stereocenters. The third-order valence-electron chi connectivity index (χ3n) is 11.6. The van der Waals surface area contributed by atoms with E-state index in [1.807, 2.05) is 44.2 Å². The maximum Gasteiger partial charge on any atom is 0.335 e. The number of carboxylic acids is 1. The second-order valence-electron chi connectivity index (χ2n) is 16.8. The van der Waals surface area contributed by atoms with Gasteiger partial charge in [0.05, 0.1) is 5.56 Å². The van der Waals surface area contributed by atoms with Crippen molar-refractivity contribution in [2.75, 3.05) is 0 Å². The third kappa shape index (κ3) is 9.56. The minimum atomic E-state index is -0.804. The van der Waals surface area contributed by atoms with Crippen LogP contribution in [0.25, 0.3) is 0 Å². The maximum absolute atomic E-state index is 11.8. The smallest absolute Gasteiger partial charge is 0.335 e. The molecule has 286 valence electrons. The maximum atomic E-state index is 11.8. The van der Waals surface area contributed by atoms with Gasteiger partial charge in [-0.3, -0.25) is 9.59 Å². The van der Waals surface area contributed by atoms with Crippen molar-refractivity contribution >= 4 is 65.3 Å². The molecule has 0 unspecified atom stereocenters. The first-order valence-corrected chi connectivity index (χ1v) is 21.5. The van der Waals surface area contributed by atoms with Gasteiger partial charge in [0, 0.05) is 38.1 Å². The fraction of sp³-hybridized carbons (Fsp3) is 0.426. The van der Waals surface area contributed by atoms with Gasteiger partial charge in [-0.25, -0.2) is 4.79 Å². The van der Waals surface area contributed by atoms with Crippen molar-refractivity contribution < 1.29 is 19.5 Å².